The zero-order valence-electron chi connectivity index (χ0n) is 20.3. The predicted molar refractivity (Wildman–Crippen MR) is 143 cm³/mol. The Labute approximate surface area is 226 Å². The molecule has 0 unspecified atom stereocenters. The smallest absolute Gasteiger partial charge is 0.335 e. The molecule has 0 aliphatic carbocycles. The molecule has 0 saturated carbocycles. The van der Waals surface area contributed by atoms with Crippen molar-refractivity contribution < 1.29 is 33.8 Å². The van der Waals surface area contributed by atoms with Gasteiger partial charge in [0.2, 0.25) is 0 Å². The number of phenols is 1. The van der Waals surface area contributed by atoms with E-state index in [1.807, 2.05) is 19.1 Å². The van der Waals surface area contributed by atoms with Gasteiger partial charge in [-0.05, 0) is 83.0 Å². The zero-order valence-corrected chi connectivity index (χ0v) is 21.9. The van der Waals surface area contributed by atoms with Crippen molar-refractivity contribution >= 4 is 57.1 Å². The van der Waals surface area contributed by atoms with Gasteiger partial charge in [0.15, 0.2) is 18.1 Å². The highest BCUT2D eigenvalue weighted by atomic mass is 79.9. The van der Waals surface area contributed by atoms with Crippen LogP contribution in [0.25, 0.3) is 6.08 Å². The lowest BCUT2D eigenvalue weighted by Gasteiger charge is -2.26. The number of nitrogens with zero attached hydrogens (tertiary/aromatic N) is 1. The summed E-state index contributed by atoms with van der Waals surface area (Å²) in [4.78, 5) is 51.1. The fourth-order valence-corrected chi connectivity index (χ4v) is 4.17. The number of carbonyl (C=O) groups is 4. The van der Waals surface area contributed by atoms with Crippen LogP contribution in [0.3, 0.4) is 0 Å². The van der Waals surface area contributed by atoms with Crippen LogP contribution in [0, 0.1) is 6.92 Å². The van der Waals surface area contributed by atoms with Gasteiger partial charge in [-0.1, -0.05) is 17.7 Å². The van der Waals surface area contributed by atoms with E-state index in [1.54, 1.807) is 18.2 Å². The third-order valence-corrected chi connectivity index (χ3v) is 6.04. The van der Waals surface area contributed by atoms with E-state index < -0.39 is 17.8 Å². The number of carbonyl (C=O) groups excluding carboxylic acids is 4. The van der Waals surface area contributed by atoms with Crippen molar-refractivity contribution in [3.63, 3.8) is 0 Å². The Bertz CT molecular complexity index is 1450. The minimum absolute atomic E-state index is 0.0441. The summed E-state index contributed by atoms with van der Waals surface area (Å²) in [5.41, 5.74) is 1.97. The third kappa shape index (κ3) is 5.84. The highest BCUT2D eigenvalue weighted by Gasteiger charge is 2.36. The van der Waals surface area contributed by atoms with Gasteiger partial charge in [-0.25, -0.2) is 9.69 Å². The number of aryl methyl sites for hydroxylation is 1. The van der Waals surface area contributed by atoms with Crippen molar-refractivity contribution in [1.82, 2.24) is 5.32 Å². The van der Waals surface area contributed by atoms with Crippen LogP contribution in [0.4, 0.5) is 16.2 Å². The van der Waals surface area contributed by atoms with Gasteiger partial charge in [0.1, 0.15) is 11.3 Å². The molecule has 0 bridgehead atoms. The number of rotatable bonds is 7. The van der Waals surface area contributed by atoms with Crippen LogP contribution in [0.5, 0.6) is 17.2 Å². The maximum absolute atomic E-state index is 13.1. The molecule has 0 radical (unpaired) electrons. The number of hydrogen-bond acceptors (Lipinski definition) is 7. The second-order valence-electron chi connectivity index (χ2n) is 8.21. The topological polar surface area (TPSA) is 134 Å². The maximum atomic E-state index is 13.1. The summed E-state index contributed by atoms with van der Waals surface area (Å²) in [6.45, 7) is 1.65. The van der Waals surface area contributed by atoms with Gasteiger partial charge in [0.05, 0.1) is 17.3 Å². The van der Waals surface area contributed by atoms with Gasteiger partial charge in [0.25, 0.3) is 17.7 Å². The number of phenolic OH excluding ortho intramolecular Hbond substituents is 1. The summed E-state index contributed by atoms with van der Waals surface area (Å²) in [7, 11) is 1.40. The van der Waals surface area contributed by atoms with E-state index in [4.69, 9.17) is 9.47 Å². The first kappa shape index (κ1) is 26.4. The van der Waals surface area contributed by atoms with Gasteiger partial charge >= 0.3 is 6.03 Å². The Balaban J connectivity index is 1.55. The summed E-state index contributed by atoms with van der Waals surface area (Å²) >= 11 is 3.38. The van der Waals surface area contributed by atoms with Crippen LogP contribution in [-0.2, 0) is 14.4 Å². The summed E-state index contributed by atoms with van der Waals surface area (Å²) in [6, 6.07) is 14.9. The average Bonchev–Trinajstić information content (AvgIpc) is 2.88. The van der Waals surface area contributed by atoms with Crippen molar-refractivity contribution in [1.29, 1.82) is 0 Å². The fraction of sp³-hybridized carbons (Fsp3) is 0.111. The molecule has 3 aromatic rings. The molecule has 11 heteroatoms. The van der Waals surface area contributed by atoms with E-state index in [-0.39, 0.29) is 41.0 Å². The number of nitrogens with one attached hydrogen (secondary N) is 2. The number of amides is 5. The van der Waals surface area contributed by atoms with Crippen molar-refractivity contribution in [2.45, 2.75) is 6.92 Å². The average molecular weight is 580 g/mol. The van der Waals surface area contributed by atoms with Crippen molar-refractivity contribution in [2.24, 2.45) is 0 Å². The van der Waals surface area contributed by atoms with Gasteiger partial charge in [-0.15, -0.1) is 0 Å². The normalized spacial score (nSPS) is 14.3. The molecule has 1 saturated heterocycles. The SMILES string of the molecule is COc1cc(/C=C2\C(=O)NC(=O)N(c3ccc(O)cc3)C2=O)cc(Br)c1OCC(=O)Nc1ccc(C)cc1. The number of hydrogen-bond donors (Lipinski definition) is 3. The van der Waals surface area contributed by atoms with E-state index >= 15 is 0 Å². The Hall–Kier alpha value is -4.64. The number of methoxy groups -OCH3 is 1. The summed E-state index contributed by atoms with van der Waals surface area (Å²) in [5.74, 6) is -1.64. The number of urea groups is 1. The van der Waals surface area contributed by atoms with Gasteiger partial charge in [-0.3, -0.25) is 19.7 Å². The number of benzene rings is 3. The number of ether oxygens (including phenoxy) is 2. The molecule has 10 nitrogen and oxygen atoms in total. The second kappa shape index (κ2) is 11.2. The van der Waals surface area contributed by atoms with Crippen LogP contribution < -0.4 is 25.0 Å². The van der Waals surface area contributed by atoms with Crippen molar-refractivity contribution in [2.75, 3.05) is 23.9 Å². The van der Waals surface area contributed by atoms with Gasteiger partial charge in [-0.2, -0.15) is 0 Å². The minimum Gasteiger partial charge on any atom is -0.508 e. The molecule has 4 rings (SSSR count). The molecule has 1 heterocycles. The lowest BCUT2D eigenvalue weighted by Crippen LogP contribution is -2.54. The largest absolute Gasteiger partial charge is 0.508 e. The van der Waals surface area contributed by atoms with Crippen molar-refractivity contribution in [3.05, 3.63) is 81.8 Å². The number of imide groups is 2. The lowest BCUT2D eigenvalue weighted by molar-refractivity contribution is -0.122. The molecule has 1 aliphatic heterocycles. The van der Waals surface area contributed by atoms with Crippen LogP contribution in [0.2, 0.25) is 0 Å². The molecule has 0 spiro atoms. The summed E-state index contributed by atoms with van der Waals surface area (Å²) in [6.07, 6.45) is 1.30. The molecule has 194 valence electrons. The molecule has 1 fully saturated rings. The standard InChI is InChI=1S/C27H22BrN3O7/c1-15-3-5-17(6-4-15)29-23(33)14-38-24-21(28)12-16(13-22(24)37-2)11-20-25(34)30-27(36)31(26(20)35)18-7-9-19(32)10-8-18/h3-13,32H,14H2,1-2H3,(H,29,33)(H,30,34,36)/b20-11+. The van der Waals surface area contributed by atoms with E-state index in [1.165, 1.54) is 43.5 Å². The molecule has 38 heavy (non-hydrogen) atoms. The third-order valence-electron chi connectivity index (χ3n) is 5.46. The van der Waals surface area contributed by atoms with E-state index in [9.17, 15) is 24.3 Å². The van der Waals surface area contributed by atoms with Crippen LogP contribution in [0.1, 0.15) is 11.1 Å². The molecule has 3 aromatic carbocycles. The Morgan fingerprint density at radius 1 is 1.08 bits per heavy atom. The molecule has 1 aliphatic rings. The van der Waals surface area contributed by atoms with Crippen LogP contribution >= 0.6 is 15.9 Å². The second-order valence-corrected chi connectivity index (χ2v) is 9.07. The highest BCUT2D eigenvalue weighted by Crippen LogP contribution is 2.37. The summed E-state index contributed by atoms with van der Waals surface area (Å²) in [5, 5.41) is 14.4. The zero-order chi connectivity index (χ0) is 27.4. The number of barbiturate groups is 1. The first-order valence-corrected chi connectivity index (χ1v) is 12.0. The first-order valence-electron chi connectivity index (χ1n) is 11.2. The number of anilines is 2. The lowest BCUT2D eigenvalue weighted by atomic mass is 10.1. The predicted octanol–water partition coefficient (Wildman–Crippen LogP) is 4.16. The molecular formula is C27H22BrN3O7. The monoisotopic (exact) mass is 579 g/mol. The van der Waals surface area contributed by atoms with Gasteiger partial charge in [0, 0.05) is 5.69 Å². The molecule has 5 amide bonds. The highest BCUT2D eigenvalue weighted by molar-refractivity contribution is 9.10. The Morgan fingerprint density at radius 2 is 1.76 bits per heavy atom. The van der Waals surface area contributed by atoms with E-state index in [0.29, 0.717) is 15.7 Å². The first-order chi connectivity index (χ1) is 18.2. The van der Waals surface area contributed by atoms with Crippen LogP contribution in [0.15, 0.2) is 70.7 Å². The van der Waals surface area contributed by atoms with Crippen LogP contribution in [-0.4, -0.2) is 42.6 Å². The van der Waals surface area contributed by atoms with Crippen molar-refractivity contribution in [3.8, 4) is 17.2 Å². The Kier molecular flexibility index (Phi) is 7.77. The number of aromatic hydroxyl groups is 1. The quantitative estimate of drug-likeness (QED) is 0.282. The van der Waals surface area contributed by atoms with Gasteiger partial charge < -0.3 is 19.9 Å². The Morgan fingerprint density at radius 3 is 2.42 bits per heavy atom. The maximum Gasteiger partial charge on any atom is 0.335 e. The molecule has 0 atom stereocenters. The number of halogens is 1. The van der Waals surface area contributed by atoms with E-state index in [2.05, 4.69) is 26.6 Å². The summed E-state index contributed by atoms with van der Waals surface area (Å²) < 4.78 is 11.5. The molecule has 3 N–H and O–H groups in total. The molecule has 0 aromatic heterocycles. The van der Waals surface area contributed by atoms with E-state index in [0.717, 1.165) is 10.5 Å². The molecular weight excluding hydrogens is 558 g/mol. The minimum atomic E-state index is -0.908. The fourth-order valence-electron chi connectivity index (χ4n) is 3.60.